The minimum atomic E-state index is -0.683. The van der Waals surface area contributed by atoms with Gasteiger partial charge in [-0.2, -0.15) is 0 Å². The Morgan fingerprint density at radius 1 is 0.926 bits per heavy atom. The number of aliphatic imine (C=N–C) groups is 1. The summed E-state index contributed by atoms with van der Waals surface area (Å²) in [5.41, 5.74) is 3.38. The Bertz CT molecular complexity index is 796. The van der Waals surface area contributed by atoms with Crippen molar-refractivity contribution in [1.29, 1.82) is 0 Å². The Hall–Kier alpha value is -2.13. The summed E-state index contributed by atoms with van der Waals surface area (Å²) in [5, 5.41) is 21.4. The number of hydrogen-bond donors (Lipinski definition) is 2. The maximum atomic E-state index is 10.8. The topological polar surface area (TPSA) is 52.8 Å². The Morgan fingerprint density at radius 3 is 2.04 bits per heavy atom. The van der Waals surface area contributed by atoms with Crippen LogP contribution in [0.2, 0.25) is 0 Å². The molecule has 0 fully saturated rings. The third kappa shape index (κ3) is 5.20. The van der Waals surface area contributed by atoms with Gasteiger partial charge >= 0.3 is 0 Å². The van der Waals surface area contributed by atoms with Gasteiger partial charge in [0, 0.05) is 17.3 Å². The summed E-state index contributed by atoms with van der Waals surface area (Å²) in [6, 6.07) is 13.3. The van der Waals surface area contributed by atoms with Gasteiger partial charge in [-0.3, -0.25) is 4.99 Å². The van der Waals surface area contributed by atoms with Crippen LogP contribution in [0.1, 0.15) is 76.8 Å². The second-order valence-electron chi connectivity index (χ2n) is 9.34. The first-order chi connectivity index (χ1) is 12.4. The fraction of sp³-hybridized carbons (Fsp3) is 0.458. The lowest BCUT2D eigenvalue weighted by Gasteiger charge is -2.27. The van der Waals surface area contributed by atoms with Gasteiger partial charge in [-0.15, -0.1) is 0 Å². The minimum absolute atomic E-state index is 0.0363. The van der Waals surface area contributed by atoms with Crippen molar-refractivity contribution in [2.24, 2.45) is 4.99 Å². The van der Waals surface area contributed by atoms with E-state index >= 15 is 0 Å². The summed E-state index contributed by atoms with van der Waals surface area (Å²) in [4.78, 5) is 4.54. The molecule has 146 valence electrons. The van der Waals surface area contributed by atoms with Gasteiger partial charge in [0.15, 0.2) is 0 Å². The van der Waals surface area contributed by atoms with Crippen molar-refractivity contribution < 1.29 is 10.2 Å². The highest BCUT2D eigenvalue weighted by Gasteiger charge is 2.24. The molecule has 0 unspecified atom stereocenters. The van der Waals surface area contributed by atoms with Gasteiger partial charge in [-0.1, -0.05) is 77.9 Å². The number of aliphatic hydroxyl groups excluding tert-OH is 1. The molecule has 0 aliphatic rings. The Morgan fingerprint density at radius 2 is 1.52 bits per heavy atom. The average molecular weight is 368 g/mol. The molecular formula is C24H33NO2. The molecular weight excluding hydrogens is 334 g/mol. The van der Waals surface area contributed by atoms with Crippen LogP contribution in [-0.4, -0.2) is 22.5 Å². The van der Waals surface area contributed by atoms with Crippen LogP contribution < -0.4 is 0 Å². The highest BCUT2D eigenvalue weighted by Crippen LogP contribution is 2.37. The number of phenols is 1. The van der Waals surface area contributed by atoms with Crippen molar-refractivity contribution in [1.82, 2.24) is 0 Å². The first-order valence-corrected chi connectivity index (χ1v) is 9.55. The van der Waals surface area contributed by atoms with Crippen molar-refractivity contribution in [3.63, 3.8) is 0 Å². The van der Waals surface area contributed by atoms with Crippen molar-refractivity contribution in [3.05, 3.63) is 64.7 Å². The number of hydrogen-bond acceptors (Lipinski definition) is 3. The molecule has 2 aromatic carbocycles. The predicted molar refractivity (Wildman–Crippen MR) is 114 cm³/mol. The third-order valence-electron chi connectivity index (χ3n) is 4.86. The van der Waals surface area contributed by atoms with Gasteiger partial charge in [-0.05, 0) is 34.9 Å². The summed E-state index contributed by atoms with van der Waals surface area (Å²) in [7, 11) is 0. The van der Waals surface area contributed by atoms with E-state index in [0.717, 1.165) is 16.7 Å². The van der Waals surface area contributed by atoms with Gasteiger partial charge in [0.25, 0.3) is 0 Å². The summed E-state index contributed by atoms with van der Waals surface area (Å²) < 4.78 is 0. The normalized spacial score (nSPS) is 15.1. The Balaban J connectivity index is 2.41. The number of rotatable bonds is 4. The predicted octanol–water partition coefficient (Wildman–Crippen LogP) is 5.53. The maximum absolute atomic E-state index is 10.8. The zero-order chi connectivity index (χ0) is 20.4. The molecule has 0 aromatic heterocycles. The second-order valence-corrected chi connectivity index (χ2v) is 9.34. The summed E-state index contributed by atoms with van der Waals surface area (Å²) in [6.45, 7) is 14.6. The molecule has 0 heterocycles. The third-order valence-corrected chi connectivity index (χ3v) is 4.86. The van der Waals surface area contributed by atoms with Crippen LogP contribution in [0.4, 0.5) is 0 Å². The molecule has 2 N–H and O–H groups in total. The number of aromatic hydroxyl groups is 1. The van der Waals surface area contributed by atoms with E-state index in [0.29, 0.717) is 5.56 Å². The molecule has 0 saturated carbocycles. The molecule has 3 nitrogen and oxygen atoms in total. The van der Waals surface area contributed by atoms with Crippen LogP contribution in [0.5, 0.6) is 5.75 Å². The molecule has 2 aromatic rings. The van der Waals surface area contributed by atoms with Crippen molar-refractivity contribution in [3.8, 4) is 5.75 Å². The molecule has 0 radical (unpaired) electrons. The number of nitrogens with zero attached hydrogens (tertiary/aromatic N) is 1. The molecule has 0 saturated heterocycles. The maximum Gasteiger partial charge on any atom is 0.128 e. The van der Waals surface area contributed by atoms with E-state index in [1.165, 1.54) is 0 Å². The smallest absolute Gasteiger partial charge is 0.128 e. The summed E-state index contributed by atoms with van der Waals surface area (Å²) >= 11 is 0. The summed E-state index contributed by atoms with van der Waals surface area (Å²) in [5.74, 6) is 0.264. The highest BCUT2D eigenvalue weighted by atomic mass is 16.3. The van der Waals surface area contributed by atoms with Crippen LogP contribution in [-0.2, 0) is 10.8 Å². The minimum Gasteiger partial charge on any atom is -0.507 e. The van der Waals surface area contributed by atoms with Gasteiger partial charge in [0.2, 0.25) is 0 Å². The highest BCUT2D eigenvalue weighted by molar-refractivity contribution is 5.85. The molecule has 0 spiro atoms. The second kappa shape index (κ2) is 7.85. The zero-order valence-corrected chi connectivity index (χ0v) is 17.6. The number of benzene rings is 2. The summed E-state index contributed by atoms with van der Waals surface area (Å²) in [6.07, 6.45) is 1.01. The lowest BCUT2D eigenvalue weighted by molar-refractivity contribution is 0.154. The average Bonchev–Trinajstić information content (AvgIpc) is 2.58. The van der Waals surface area contributed by atoms with Crippen LogP contribution >= 0.6 is 0 Å². The van der Waals surface area contributed by atoms with Gasteiger partial charge in [0.1, 0.15) is 11.9 Å². The first kappa shape index (κ1) is 21.2. The first-order valence-electron chi connectivity index (χ1n) is 9.55. The standard InChI is InChI=1S/C24H33NO2/c1-16(21(26)17-11-9-8-10-12-17)25-15-18-13-19(23(2,3)4)14-20(22(18)27)24(5,6)7/h8-16,21,26-27H,1-7H3/t16-,21-/m1/s1. The van der Waals surface area contributed by atoms with Crippen molar-refractivity contribution in [2.45, 2.75) is 71.4 Å². The molecule has 0 amide bonds. The monoisotopic (exact) mass is 367 g/mol. The van der Waals surface area contributed by atoms with E-state index in [-0.39, 0.29) is 22.6 Å². The number of phenolic OH excluding ortho intramolecular Hbond substituents is 1. The van der Waals surface area contributed by atoms with E-state index in [9.17, 15) is 10.2 Å². The molecule has 27 heavy (non-hydrogen) atoms. The number of aliphatic hydroxyl groups is 1. The zero-order valence-electron chi connectivity index (χ0n) is 17.6. The van der Waals surface area contributed by atoms with E-state index in [1.807, 2.05) is 43.3 Å². The molecule has 2 rings (SSSR count). The van der Waals surface area contributed by atoms with Gasteiger partial charge in [0.05, 0.1) is 6.04 Å². The van der Waals surface area contributed by atoms with Crippen LogP contribution in [0.3, 0.4) is 0 Å². The molecule has 0 bridgehead atoms. The van der Waals surface area contributed by atoms with Gasteiger partial charge in [-0.25, -0.2) is 0 Å². The van der Waals surface area contributed by atoms with E-state index in [1.54, 1.807) is 6.21 Å². The van der Waals surface area contributed by atoms with E-state index < -0.39 is 6.10 Å². The van der Waals surface area contributed by atoms with Crippen molar-refractivity contribution >= 4 is 6.21 Å². The molecule has 3 heteroatoms. The van der Waals surface area contributed by atoms with Gasteiger partial charge < -0.3 is 10.2 Å². The fourth-order valence-corrected chi connectivity index (χ4v) is 2.97. The Labute approximate surface area is 163 Å². The lowest BCUT2D eigenvalue weighted by atomic mass is 9.79. The Kier molecular flexibility index (Phi) is 6.16. The molecule has 0 aliphatic heterocycles. The van der Waals surface area contributed by atoms with Crippen LogP contribution in [0.15, 0.2) is 47.5 Å². The molecule has 2 atom stereocenters. The van der Waals surface area contributed by atoms with E-state index in [4.69, 9.17) is 0 Å². The SMILES string of the molecule is C[C@@H](N=Cc1cc(C(C)(C)C)cc(C(C)(C)C)c1O)[C@@H](O)c1ccccc1. The van der Waals surface area contributed by atoms with Crippen molar-refractivity contribution in [2.75, 3.05) is 0 Å². The molecule has 0 aliphatic carbocycles. The quantitative estimate of drug-likeness (QED) is 0.698. The lowest BCUT2D eigenvalue weighted by Crippen LogP contribution is -2.18. The largest absolute Gasteiger partial charge is 0.507 e. The fourth-order valence-electron chi connectivity index (χ4n) is 2.97. The van der Waals surface area contributed by atoms with Crippen LogP contribution in [0.25, 0.3) is 0 Å². The van der Waals surface area contributed by atoms with E-state index in [2.05, 4.69) is 52.6 Å². The van der Waals surface area contributed by atoms with Crippen LogP contribution in [0, 0.1) is 0 Å².